The third-order valence-corrected chi connectivity index (χ3v) is 6.82. The maximum atomic E-state index is 12.5. The van der Waals surface area contributed by atoms with E-state index in [0.717, 1.165) is 29.8 Å². The van der Waals surface area contributed by atoms with E-state index >= 15 is 0 Å². The number of amides is 1. The average molecular weight is 477 g/mol. The van der Waals surface area contributed by atoms with Gasteiger partial charge in [0.15, 0.2) is 0 Å². The van der Waals surface area contributed by atoms with Crippen molar-refractivity contribution < 1.29 is 4.79 Å². The molecule has 0 aliphatic carbocycles. The van der Waals surface area contributed by atoms with Gasteiger partial charge in [-0.15, -0.1) is 0 Å². The molecule has 5 heteroatoms. The van der Waals surface area contributed by atoms with E-state index in [1.807, 2.05) is 12.1 Å². The molecule has 0 atom stereocenters. The van der Waals surface area contributed by atoms with Crippen LogP contribution in [0.1, 0.15) is 113 Å². The highest BCUT2D eigenvalue weighted by molar-refractivity contribution is 5.93. The zero-order chi connectivity index (χ0) is 24.6. The van der Waals surface area contributed by atoms with Gasteiger partial charge in [-0.2, -0.15) is 0 Å². The standard InChI is InChI=1S/C30H44N4O/c1-2-3-4-5-6-7-8-9-10-11-12-13-14-17-24-34-28-19-16-15-18-27(28)33-29(34)25-32-30(35)26-20-22-31-23-21-26/h15-16,18-23H,2-14,17,24-25H2,1H3,(H,32,35). The Morgan fingerprint density at radius 3 is 1.97 bits per heavy atom. The van der Waals surface area contributed by atoms with E-state index in [1.165, 1.54) is 83.5 Å². The van der Waals surface area contributed by atoms with Crippen LogP contribution in [0.4, 0.5) is 0 Å². The molecular formula is C30H44N4O. The number of fused-ring (bicyclic) bond motifs is 1. The second-order valence-corrected chi connectivity index (χ2v) is 9.68. The Bertz CT molecular complexity index is 982. The number of aromatic nitrogens is 3. The summed E-state index contributed by atoms with van der Waals surface area (Å²) in [6.45, 7) is 3.65. The van der Waals surface area contributed by atoms with Crippen LogP contribution in [0.3, 0.4) is 0 Å². The van der Waals surface area contributed by atoms with Crippen LogP contribution in [0, 0.1) is 0 Å². The molecule has 0 aliphatic heterocycles. The lowest BCUT2D eigenvalue weighted by atomic mass is 10.0. The van der Waals surface area contributed by atoms with Crippen LogP contribution in [0.5, 0.6) is 0 Å². The lowest BCUT2D eigenvalue weighted by Crippen LogP contribution is -2.24. The van der Waals surface area contributed by atoms with E-state index in [4.69, 9.17) is 4.98 Å². The summed E-state index contributed by atoms with van der Waals surface area (Å²) in [4.78, 5) is 21.2. The van der Waals surface area contributed by atoms with Gasteiger partial charge >= 0.3 is 0 Å². The summed E-state index contributed by atoms with van der Waals surface area (Å²) in [5.74, 6) is 0.825. The monoisotopic (exact) mass is 476 g/mol. The van der Waals surface area contributed by atoms with Gasteiger partial charge in [0, 0.05) is 24.5 Å². The number of para-hydroxylation sites is 2. The highest BCUT2D eigenvalue weighted by Crippen LogP contribution is 2.18. The Morgan fingerprint density at radius 1 is 0.771 bits per heavy atom. The quantitative estimate of drug-likeness (QED) is 0.190. The number of pyridine rings is 1. The number of hydrogen-bond acceptors (Lipinski definition) is 3. The summed E-state index contributed by atoms with van der Waals surface area (Å²) >= 11 is 0. The van der Waals surface area contributed by atoms with Crippen LogP contribution >= 0.6 is 0 Å². The Morgan fingerprint density at radius 2 is 1.34 bits per heavy atom. The van der Waals surface area contributed by atoms with Gasteiger partial charge in [0.25, 0.3) is 5.91 Å². The molecule has 3 aromatic rings. The number of nitrogens with one attached hydrogen (secondary N) is 1. The average Bonchev–Trinajstić information content (AvgIpc) is 3.25. The minimum Gasteiger partial charge on any atom is -0.345 e. The number of imidazole rings is 1. The number of unbranched alkanes of at least 4 members (excludes halogenated alkanes) is 13. The third-order valence-electron chi connectivity index (χ3n) is 6.82. The first kappa shape index (κ1) is 26.9. The summed E-state index contributed by atoms with van der Waals surface area (Å²) in [7, 11) is 0. The highest BCUT2D eigenvalue weighted by atomic mass is 16.1. The zero-order valence-corrected chi connectivity index (χ0v) is 21.7. The molecule has 3 rings (SSSR count). The van der Waals surface area contributed by atoms with Gasteiger partial charge < -0.3 is 9.88 Å². The number of rotatable bonds is 18. The highest BCUT2D eigenvalue weighted by Gasteiger charge is 2.12. The van der Waals surface area contributed by atoms with E-state index in [-0.39, 0.29) is 5.91 Å². The van der Waals surface area contributed by atoms with Crippen LogP contribution in [0.2, 0.25) is 0 Å². The number of aryl methyl sites for hydroxylation is 1. The van der Waals surface area contributed by atoms with Crippen molar-refractivity contribution in [3.63, 3.8) is 0 Å². The van der Waals surface area contributed by atoms with Crippen molar-refractivity contribution in [1.29, 1.82) is 0 Å². The van der Waals surface area contributed by atoms with E-state index in [2.05, 4.69) is 33.9 Å². The lowest BCUT2D eigenvalue weighted by molar-refractivity contribution is 0.0949. The summed E-state index contributed by atoms with van der Waals surface area (Å²) in [5, 5.41) is 3.02. The second-order valence-electron chi connectivity index (χ2n) is 9.68. The molecule has 5 nitrogen and oxygen atoms in total. The second kappa shape index (κ2) is 16.1. The number of hydrogen-bond donors (Lipinski definition) is 1. The van der Waals surface area contributed by atoms with E-state index in [1.54, 1.807) is 24.5 Å². The molecule has 190 valence electrons. The summed E-state index contributed by atoms with van der Waals surface area (Å²) < 4.78 is 2.28. The maximum absolute atomic E-state index is 12.5. The molecule has 1 N–H and O–H groups in total. The van der Waals surface area contributed by atoms with Crippen LogP contribution in [0.15, 0.2) is 48.8 Å². The van der Waals surface area contributed by atoms with Gasteiger partial charge in [-0.1, -0.05) is 103 Å². The summed E-state index contributed by atoms with van der Waals surface area (Å²) in [6.07, 6.45) is 22.3. The first-order valence-electron chi connectivity index (χ1n) is 13.9. The van der Waals surface area contributed by atoms with Crippen molar-refractivity contribution in [2.45, 2.75) is 110 Å². The van der Waals surface area contributed by atoms with Crippen LogP contribution in [-0.4, -0.2) is 20.4 Å². The Hall–Kier alpha value is -2.69. The Balaban J connectivity index is 1.34. The van der Waals surface area contributed by atoms with E-state index in [9.17, 15) is 4.79 Å². The van der Waals surface area contributed by atoms with Gasteiger partial charge in [0.05, 0.1) is 17.6 Å². The summed E-state index contributed by atoms with van der Waals surface area (Å²) in [6, 6.07) is 11.7. The fourth-order valence-electron chi connectivity index (χ4n) is 4.74. The summed E-state index contributed by atoms with van der Waals surface area (Å²) in [5.41, 5.74) is 2.76. The fourth-order valence-corrected chi connectivity index (χ4v) is 4.74. The molecule has 0 fully saturated rings. The van der Waals surface area contributed by atoms with Gasteiger partial charge in [-0.3, -0.25) is 9.78 Å². The lowest BCUT2D eigenvalue weighted by Gasteiger charge is -2.10. The van der Waals surface area contributed by atoms with Crippen molar-refractivity contribution >= 4 is 16.9 Å². The van der Waals surface area contributed by atoms with E-state index in [0.29, 0.717) is 12.1 Å². The number of carbonyl (C=O) groups is 1. The zero-order valence-electron chi connectivity index (χ0n) is 21.7. The van der Waals surface area contributed by atoms with E-state index < -0.39 is 0 Å². The Labute approximate surface area is 211 Å². The number of carbonyl (C=O) groups excluding carboxylic acids is 1. The Kier molecular flexibility index (Phi) is 12.4. The molecule has 1 aromatic carbocycles. The fraction of sp³-hybridized carbons (Fsp3) is 0.567. The molecule has 0 aliphatic rings. The topological polar surface area (TPSA) is 59.8 Å². The molecule has 2 heterocycles. The predicted molar refractivity (Wildman–Crippen MR) is 145 cm³/mol. The molecule has 0 saturated carbocycles. The van der Waals surface area contributed by atoms with Crippen LogP contribution in [-0.2, 0) is 13.1 Å². The number of nitrogens with zero attached hydrogens (tertiary/aromatic N) is 3. The molecule has 0 radical (unpaired) electrons. The van der Waals surface area contributed by atoms with Crippen LogP contribution in [0.25, 0.3) is 11.0 Å². The van der Waals surface area contributed by atoms with Gasteiger partial charge in [0.1, 0.15) is 5.82 Å². The minimum atomic E-state index is -0.0949. The van der Waals surface area contributed by atoms with Gasteiger partial charge in [0.2, 0.25) is 0 Å². The molecule has 0 saturated heterocycles. The molecule has 35 heavy (non-hydrogen) atoms. The van der Waals surface area contributed by atoms with Crippen molar-refractivity contribution in [1.82, 2.24) is 19.9 Å². The molecule has 0 bridgehead atoms. The molecule has 2 aromatic heterocycles. The minimum absolute atomic E-state index is 0.0949. The molecular weight excluding hydrogens is 432 g/mol. The smallest absolute Gasteiger partial charge is 0.251 e. The van der Waals surface area contributed by atoms with Crippen molar-refractivity contribution in [3.05, 3.63) is 60.2 Å². The van der Waals surface area contributed by atoms with Gasteiger partial charge in [-0.25, -0.2) is 4.98 Å². The first-order valence-corrected chi connectivity index (χ1v) is 13.9. The maximum Gasteiger partial charge on any atom is 0.251 e. The SMILES string of the molecule is CCCCCCCCCCCCCCCCn1c(CNC(=O)c2ccncc2)nc2ccccc21. The van der Waals surface area contributed by atoms with Gasteiger partial charge in [-0.05, 0) is 30.7 Å². The third kappa shape index (κ3) is 9.46. The van der Waals surface area contributed by atoms with Crippen LogP contribution < -0.4 is 5.32 Å². The first-order chi connectivity index (χ1) is 17.3. The van der Waals surface area contributed by atoms with Crippen molar-refractivity contribution in [2.24, 2.45) is 0 Å². The normalized spacial score (nSPS) is 11.2. The molecule has 0 unspecified atom stereocenters. The molecule has 1 amide bonds. The molecule has 0 spiro atoms. The largest absolute Gasteiger partial charge is 0.345 e. The predicted octanol–water partition coefficient (Wildman–Crippen LogP) is 7.84. The van der Waals surface area contributed by atoms with Crippen molar-refractivity contribution in [2.75, 3.05) is 0 Å². The van der Waals surface area contributed by atoms with Crippen molar-refractivity contribution in [3.8, 4) is 0 Å². The number of benzene rings is 1.